The average molecular weight is 324 g/mol. The van der Waals surface area contributed by atoms with E-state index in [-0.39, 0.29) is 23.5 Å². The summed E-state index contributed by atoms with van der Waals surface area (Å²) in [6, 6.07) is 9.75. The van der Waals surface area contributed by atoms with E-state index in [9.17, 15) is 17.6 Å². The number of benzene rings is 2. The molecular formula is C16H12F4N2O. The SMILES string of the molecule is N#Cc1cc(F)c(NCc2cccc(OCC(F)F)c2)c(F)c1. The van der Waals surface area contributed by atoms with Crippen molar-refractivity contribution in [3.63, 3.8) is 0 Å². The maximum absolute atomic E-state index is 13.7. The van der Waals surface area contributed by atoms with Crippen LogP contribution in [0.25, 0.3) is 0 Å². The number of rotatable bonds is 6. The molecule has 0 aliphatic carbocycles. The first kappa shape index (κ1) is 16.6. The maximum atomic E-state index is 13.7. The summed E-state index contributed by atoms with van der Waals surface area (Å²) in [5, 5.41) is 11.2. The van der Waals surface area contributed by atoms with Gasteiger partial charge in [-0.25, -0.2) is 17.6 Å². The number of ether oxygens (including phenoxy) is 1. The molecule has 0 aromatic heterocycles. The first-order valence-electron chi connectivity index (χ1n) is 6.62. The molecule has 0 spiro atoms. The molecule has 0 bridgehead atoms. The zero-order chi connectivity index (χ0) is 16.8. The first-order chi connectivity index (χ1) is 11.0. The predicted octanol–water partition coefficient (Wildman–Crippen LogP) is 4.09. The van der Waals surface area contributed by atoms with E-state index in [0.29, 0.717) is 5.56 Å². The zero-order valence-corrected chi connectivity index (χ0v) is 11.8. The monoisotopic (exact) mass is 324 g/mol. The Bertz CT molecular complexity index is 705. The van der Waals surface area contributed by atoms with Crippen molar-refractivity contribution < 1.29 is 22.3 Å². The summed E-state index contributed by atoms with van der Waals surface area (Å²) in [4.78, 5) is 0. The number of nitrogens with one attached hydrogen (secondary N) is 1. The van der Waals surface area contributed by atoms with Crippen LogP contribution in [-0.2, 0) is 6.54 Å². The smallest absolute Gasteiger partial charge is 0.272 e. The Morgan fingerprint density at radius 3 is 2.43 bits per heavy atom. The Hall–Kier alpha value is -2.75. The number of nitrogens with zero attached hydrogens (tertiary/aromatic N) is 1. The predicted molar refractivity (Wildman–Crippen MR) is 76.3 cm³/mol. The van der Waals surface area contributed by atoms with Gasteiger partial charge in [0, 0.05) is 6.54 Å². The quantitative estimate of drug-likeness (QED) is 0.814. The van der Waals surface area contributed by atoms with E-state index in [4.69, 9.17) is 10.00 Å². The topological polar surface area (TPSA) is 45.0 Å². The normalized spacial score (nSPS) is 10.4. The van der Waals surface area contributed by atoms with E-state index in [0.717, 1.165) is 12.1 Å². The fourth-order valence-corrected chi connectivity index (χ4v) is 1.90. The van der Waals surface area contributed by atoms with Crippen LogP contribution in [0.3, 0.4) is 0 Å². The molecule has 0 atom stereocenters. The summed E-state index contributed by atoms with van der Waals surface area (Å²) < 4.78 is 56.5. The van der Waals surface area contributed by atoms with E-state index < -0.39 is 24.7 Å². The third-order valence-electron chi connectivity index (χ3n) is 2.91. The van der Waals surface area contributed by atoms with Gasteiger partial charge in [0.2, 0.25) is 0 Å². The highest BCUT2D eigenvalue weighted by atomic mass is 19.3. The molecule has 2 rings (SSSR count). The highest BCUT2D eigenvalue weighted by Gasteiger charge is 2.11. The van der Waals surface area contributed by atoms with Crippen LogP contribution in [0, 0.1) is 23.0 Å². The van der Waals surface area contributed by atoms with Crippen LogP contribution in [0.2, 0.25) is 0 Å². The summed E-state index contributed by atoms with van der Waals surface area (Å²) in [5.74, 6) is -1.52. The molecule has 7 heteroatoms. The van der Waals surface area contributed by atoms with Gasteiger partial charge in [-0.2, -0.15) is 5.26 Å². The second kappa shape index (κ2) is 7.49. The molecule has 0 aliphatic heterocycles. The van der Waals surface area contributed by atoms with E-state index >= 15 is 0 Å². The molecular weight excluding hydrogens is 312 g/mol. The van der Waals surface area contributed by atoms with Crippen LogP contribution in [-0.4, -0.2) is 13.0 Å². The number of hydrogen-bond acceptors (Lipinski definition) is 3. The van der Waals surface area contributed by atoms with E-state index in [1.165, 1.54) is 12.1 Å². The van der Waals surface area contributed by atoms with Gasteiger partial charge in [0.15, 0.2) is 11.6 Å². The maximum Gasteiger partial charge on any atom is 0.272 e. The molecule has 3 nitrogen and oxygen atoms in total. The summed E-state index contributed by atoms with van der Waals surface area (Å²) in [5.41, 5.74) is 0.121. The van der Waals surface area contributed by atoms with E-state index in [2.05, 4.69) is 5.32 Å². The molecule has 0 amide bonds. The minimum absolute atomic E-state index is 0.0611. The summed E-state index contributed by atoms with van der Waals surface area (Å²) in [6.45, 7) is -0.665. The molecule has 23 heavy (non-hydrogen) atoms. The minimum atomic E-state index is -2.58. The number of alkyl halides is 2. The van der Waals surface area contributed by atoms with Crippen LogP contribution in [0.1, 0.15) is 11.1 Å². The fraction of sp³-hybridized carbons (Fsp3) is 0.188. The van der Waals surface area contributed by atoms with Crippen LogP contribution in [0.15, 0.2) is 36.4 Å². The number of anilines is 1. The molecule has 0 radical (unpaired) electrons. The highest BCUT2D eigenvalue weighted by molar-refractivity contribution is 5.50. The van der Waals surface area contributed by atoms with Gasteiger partial charge in [0.25, 0.3) is 6.43 Å². The summed E-state index contributed by atoms with van der Waals surface area (Å²) in [7, 11) is 0. The van der Waals surface area contributed by atoms with Crippen LogP contribution in [0.4, 0.5) is 23.2 Å². The van der Waals surface area contributed by atoms with Gasteiger partial charge < -0.3 is 10.1 Å². The fourth-order valence-electron chi connectivity index (χ4n) is 1.90. The molecule has 0 fully saturated rings. The Labute approximate surface area is 130 Å². The Morgan fingerprint density at radius 2 is 1.83 bits per heavy atom. The largest absolute Gasteiger partial charge is 0.488 e. The van der Waals surface area contributed by atoms with E-state index in [1.807, 2.05) is 0 Å². The van der Waals surface area contributed by atoms with Crippen molar-refractivity contribution in [2.75, 3.05) is 11.9 Å². The van der Waals surface area contributed by atoms with Gasteiger partial charge in [-0.1, -0.05) is 12.1 Å². The second-order valence-electron chi connectivity index (χ2n) is 4.63. The minimum Gasteiger partial charge on any atom is -0.488 e. The van der Waals surface area contributed by atoms with Crippen molar-refractivity contribution >= 4 is 5.69 Å². The van der Waals surface area contributed by atoms with Crippen molar-refractivity contribution in [3.05, 3.63) is 59.2 Å². The van der Waals surface area contributed by atoms with Crippen molar-refractivity contribution in [1.82, 2.24) is 0 Å². The van der Waals surface area contributed by atoms with Crippen LogP contribution < -0.4 is 10.1 Å². The lowest BCUT2D eigenvalue weighted by Gasteiger charge is -2.11. The van der Waals surface area contributed by atoms with Gasteiger partial charge in [-0.05, 0) is 29.8 Å². The highest BCUT2D eigenvalue weighted by Crippen LogP contribution is 2.22. The lowest BCUT2D eigenvalue weighted by molar-refractivity contribution is 0.0818. The Kier molecular flexibility index (Phi) is 5.41. The van der Waals surface area contributed by atoms with Crippen molar-refractivity contribution in [2.45, 2.75) is 13.0 Å². The van der Waals surface area contributed by atoms with Gasteiger partial charge in [-0.15, -0.1) is 0 Å². The molecule has 0 unspecified atom stereocenters. The molecule has 1 N–H and O–H groups in total. The summed E-state index contributed by atoms with van der Waals surface area (Å²) in [6.07, 6.45) is -2.58. The average Bonchev–Trinajstić information content (AvgIpc) is 2.52. The Morgan fingerprint density at radius 1 is 1.13 bits per heavy atom. The first-order valence-corrected chi connectivity index (χ1v) is 6.62. The van der Waals surface area contributed by atoms with Crippen LogP contribution in [0.5, 0.6) is 5.75 Å². The molecule has 0 saturated heterocycles. The lowest BCUT2D eigenvalue weighted by Crippen LogP contribution is -2.08. The van der Waals surface area contributed by atoms with Gasteiger partial charge in [-0.3, -0.25) is 0 Å². The third kappa shape index (κ3) is 4.61. The van der Waals surface area contributed by atoms with E-state index in [1.54, 1.807) is 18.2 Å². The number of nitriles is 1. The molecule has 0 aliphatic rings. The van der Waals surface area contributed by atoms with Gasteiger partial charge >= 0.3 is 0 Å². The lowest BCUT2D eigenvalue weighted by atomic mass is 10.1. The van der Waals surface area contributed by atoms with Crippen molar-refractivity contribution in [3.8, 4) is 11.8 Å². The molecule has 0 saturated carbocycles. The second-order valence-corrected chi connectivity index (χ2v) is 4.63. The van der Waals surface area contributed by atoms with Crippen LogP contribution >= 0.6 is 0 Å². The molecule has 2 aromatic carbocycles. The zero-order valence-electron chi connectivity index (χ0n) is 11.8. The number of halogens is 4. The molecule has 120 valence electrons. The van der Waals surface area contributed by atoms with Crippen molar-refractivity contribution in [1.29, 1.82) is 5.26 Å². The summed E-state index contributed by atoms with van der Waals surface area (Å²) >= 11 is 0. The standard InChI is InChI=1S/C16H12F4N2O/c17-13-5-11(7-21)6-14(18)16(13)22-8-10-2-1-3-12(4-10)23-9-15(19)20/h1-6,15,22H,8-9H2. The van der Waals surface area contributed by atoms with Gasteiger partial charge in [0.1, 0.15) is 18.0 Å². The Balaban J connectivity index is 2.07. The van der Waals surface area contributed by atoms with Gasteiger partial charge in [0.05, 0.1) is 11.6 Å². The number of hydrogen-bond donors (Lipinski definition) is 1. The molecule has 0 heterocycles. The third-order valence-corrected chi connectivity index (χ3v) is 2.91. The molecule has 2 aromatic rings. The van der Waals surface area contributed by atoms with Crippen molar-refractivity contribution in [2.24, 2.45) is 0 Å².